The lowest BCUT2D eigenvalue weighted by Gasteiger charge is -2.22. The van der Waals surface area contributed by atoms with Gasteiger partial charge in [-0.05, 0) is 65.4 Å². The van der Waals surface area contributed by atoms with Gasteiger partial charge in [0.25, 0.3) is 0 Å². The number of benzene rings is 3. The van der Waals surface area contributed by atoms with Crippen LogP contribution in [0, 0.1) is 0 Å². The highest BCUT2D eigenvalue weighted by Crippen LogP contribution is 2.35. The molecule has 0 bridgehead atoms. The number of phenols is 1. The van der Waals surface area contributed by atoms with Crippen LogP contribution in [-0.4, -0.2) is 29.3 Å². The molecule has 3 aromatic carbocycles. The quantitative estimate of drug-likeness (QED) is 0.237. The van der Waals surface area contributed by atoms with Crippen LogP contribution in [0.5, 0.6) is 11.5 Å². The average Bonchev–Trinajstić information content (AvgIpc) is 2.83. The second kappa shape index (κ2) is 11.7. The molecule has 3 rings (SSSR count). The first-order valence-corrected chi connectivity index (χ1v) is 10.7. The second-order valence-electron chi connectivity index (χ2n) is 7.50. The number of aromatic hydroxyl groups is 1. The minimum atomic E-state index is -0.160. The number of rotatable bonds is 11. The first-order chi connectivity index (χ1) is 15.6. The summed E-state index contributed by atoms with van der Waals surface area (Å²) in [6.45, 7) is 4.55. The van der Waals surface area contributed by atoms with Crippen LogP contribution in [-0.2, 0) is 11.4 Å². The maximum absolute atomic E-state index is 11.1. The molecule has 166 valence electrons. The minimum Gasteiger partial charge on any atom is -0.508 e. The van der Waals surface area contributed by atoms with Gasteiger partial charge in [0.05, 0.1) is 13.2 Å². The Balaban J connectivity index is 1.71. The van der Waals surface area contributed by atoms with Gasteiger partial charge in [-0.25, -0.2) is 0 Å². The lowest BCUT2D eigenvalue weighted by Crippen LogP contribution is -2.22. The van der Waals surface area contributed by atoms with Crippen LogP contribution in [0.25, 0.3) is 0 Å². The van der Waals surface area contributed by atoms with E-state index in [9.17, 15) is 15.0 Å². The molecular weight excluding hydrogens is 402 g/mol. The van der Waals surface area contributed by atoms with E-state index in [4.69, 9.17) is 4.74 Å². The van der Waals surface area contributed by atoms with Gasteiger partial charge < -0.3 is 20.3 Å². The molecule has 5 nitrogen and oxygen atoms in total. The number of carbonyl (C=O) groups excluding carboxylic acids is 1. The van der Waals surface area contributed by atoms with Crippen molar-refractivity contribution in [1.29, 1.82) is 0 Å². The van der Waals surface area contributed by atoms with E-state index in [0.29, 0.717) is 13.2 Å². The molecule has 1 atom stereocenters. The van der Waals surface area contributed by atoms with Gasteiger partial charge in [0.15, 0.2) is 0 Å². The summed E-state index contributed by atoms with van der Waals surface area (Å²) in [7, 11) is 0. The van der Waals surface area contributed by atoms with E-state index >= 15 is 0 Å². The summed E-state index contributed by atoms with van der Waals surface area (Å²) < 4.78 is 5.84. The first-order valence-electron chi connectivity index (χ1n) is 10.7. The van der Waals surface area contributed by atoms with Crippen LogP contribution in [0.3, 0.4) is 0 Å². The Morgan fingerprint density at radius 1 is 0.969 bits per heavy atom. The lowest BCUT2D eigenvalue weighted by molar-refractivity contribution is -0.116. The molecule has 0 saturated carbocycles. The van der Waals surface area contributed by atoms with Crippen LogP contribution >= 0.6 is 0 Å². The fraction of sp³-hybridized carbons (Fsp3) is 0.222. The first kappa shape index (κ1) is 23.1. The Morgan fingerprint density at radius 3 is 2.28 bits per heavy atom. The van der Waals surface area contributed by atoms with Gasteiger partial charge in [0.1, 0.15) is 11.5 Å². The summed E-state index contributed by atoms with van der Waals surface area (Å²) in [4.78, 5) is 11.1. The van der Waals surface area contributed by atoms with E-state index in [0.717, 1.165) is 40.8 Å². The Hall–Kier alpha value is -3.57. The zero-order chi connectivity index (χ0) is 22.8. The number of amides is 1. The third kappa shape index (κ3) is 6.22. The molecule has 0 radical (unpaired) electrons. The van der Waals surface area contributed by atoms with Gasteiger partial charge >= 0.3 is 0 Å². The maximum atomic E-state index is 11.1. The molecular formula is C27H29NO4. The van der Waals surface area contributed by atoms with E-state index in [1.807, 2.05) is 60.7 Å². The van der Waals surface area contributed by atoms with Crippen LogP contribution in [0.4, 0.5) is 0 Å². The van der Waals surface area contributed by atoms with Gasteiger partial charge in [-0.1, -0.05) is 55.1 Å². The fourth-order valence-corrected chi connectivity index (χ4v) is 3.64. The van der Waals surface area contributed by atoms with E-state index in [1.54, 1.807) is 12.1 Å². The SMILES string of the molecule is C=CC(=O)NCCCCOc1ccc(C(c2ccc(O)cc2)c2ccccc2CO)cc1. The molecule has 0 heterocycles. The van der Waals surface area contributed by atoms with Crippen molar-refractivity contribution in [3.63, 3.8) is 0 Å². The topological polar surface area (TPSA) is 78.8 Å². The van der Waals surface area contributed by atoms with Crippen LogP contribution in [0.15, 0.2) is 85.5 Å². The summed E-state index contributed by atoms with van der Waals surface area (Å²) in [5.74, 6) is 0.758. The molecule has 0 aliphatic heterocycles. The average molecular weight is 432 g/mol. The molecule has 32 heavy (non-hydrogen) atoms. The van der Waals surface area contributed by atoms with E-state index in [1.165, 1.54) is 6.08 Å². The molecule has 5 heteroatoms. The Bertz CT molecular complexity index is 1010. The Labute approximate surface area is 189 Å². The highest BCUT2D eigenvalue weighted by atomic mass is 16.5. The lowest BCUT2D eigenvalue weighted by atomic mass is 9.83. The number of aliphatic hydroxyl groups is 1. The highest BCUT2D eigenvalue weighted by Gasteiger charge is 2.19. The van der Waals surface area contributed by atoms with Gasteiger partial charge in [-0.2, -0.15) is 0 Å². The molecule has 0 spiro atoms. The second-order valence-corrected chi connectivity index (χ2v) is 7.50. The monoisotopic (exact) mass is 431 g/mol. The van der Waals surface area contributed by atoms with Crippen molar-refractivity contribution in [3.8, 4) is 11.5 Å². The smallest absolute Gasteiger partial charge is 0.243 e. The predicted octanol–water partition coefficient (Wildman–Crippen LogP) is 4.53. The van der Waals surface area contributed by atoms with Crippen molar-refractivity contribution < 1.29 is 19.7 Å². The van der Waals surface area contributed by atoms with Gasteiger partial charge in [-0.3, -0.25) is 4.79 Å². The molecule has 0 aliphatic rings. The number of hydrogen-bond acceptors (Lipinski definition) is 4. The standard InChI is InChI=1S/C27H29NO4/c1-2-26(31)28-17-5-6-18-32-24-15-11-21(12-16-24)27(20-9-13-23(30)14-10-20)25-8-4-3-7-22(25)19-29/h2-4,7-16,27,29-30H,1,5-6,17-19H2,(H,28,31). The zero-order valence-electron chi connectivity index (χ0n) is 18.0. The van der Waals surface area contributed by atoms with Crippen molar-refractivity contribution in [2.75, 3.05) is 13.2 Å². The molecule has 0 saturated heterocycles. The Kier molecular flexibility index (Phi) is 8.46. The van der Waals surface area contributed by atoms with Crippen LogP contribution in [0.1, 0.15) is 41.0 Å². The molecule has 1 unspecified atom stereocenters. The summed E-state index contributed by atoms with van der Waals surface area (Å²) in [6.07, 6.45) is 2.93. The third-order valence-corrected chi connectivity index (χ3v) is 5.30. The third-order valence-electron chi connectivity index (χ3n) is 5.30. The van der Waals surface area contributed by atoms with Crippen LogP contribution < -0.4 is 10.1 Å². The number of unbranched alkanes of at least 4 members (excludes halogenated alkanes) is 1. The number of carbonyl (C=O) groups is 1. The van der Waals surface area contributed by atoms with Gasteiger partial charge in [0, 0.05) is 12.5 Å². The number of nitrogens with one attached hydrogen (secondary N) is 1. The van der Waals surface area contributed by atoms with E-state index in [-0.39, 0.29) is 24.2 Å². The maximum Gasteiger partial charge on any atom is 0.243 e. The molecule has 3 aromatic rings. The van der Waals surface area contributed by atoms with Crippen molar-refractivity contribution in [3.05, 3.63) is 108 Å². The van der Waals surface area contributed by atoms with Crippen molar-refractivity contribution in [2.45, 2.75) is 25.4 Å². The van der Waals surface area contributed by atoms with E-state index in [2.05, 4.69) is 11.9 Å². The predicted molar refractivity (Wildman–Crippen MR) is 126 cm³/mol. The molecule has 0 aromatic heterocycles. The van der Waals surface area contributed by atoms with E-state index < -0.39 is 0 Å². The molecule has 1 amide bonds. The van der Waals surface area contributed by atoms with Crippen molar-refractivity contribution in [2.24, 2.45) is 0 Å². The fourth-order valence-electron chi connectivity index (χ4n) is 3.64. The number of ether oxygens (including phenoxy) is 1. The summed E-state index contributed by atoms with van der Waals surface area (Å²) in [5.41, 5.74) is 3.99. The van der Waals surface area contributed by atoms with Crippen LogP contribution in [0.2, 0.25) is 0 Å². The minimum absolute atomic E-state index is 0.0425. The molecule has 3 N–H and O–H groups in total. The molecule has 0 fully saturated rings. The zero-order valence-corrected chi connectivity index (χ0v) is 18.0. The number of aliphatic hydroxyl groups excluding tert-OH is 1. The van der Waals surface area contributed by atoms with Gasteiger partial charge in [-0.15, -0.1) is 0 Å². The van der Waals surface area contributed by atoms with Gasteiger partial charge in [0.2, 0.25) is 5.91 Å². The normalized spacial score (nSPS) is 11.5. The Morgan fingerprint density at radius 2 is 1.62 bits per heavy atom. The highest BCUT2D eigenvalue weighted by molar-refractivity contribution is 5.86. The number of hydrogen-bond donors (Lipinski definition) is 3. The summed E-state index contributed by atoms with van der Waals surface area (Å²) in [5, 5.41) is 22.3. The largest absolute Gasteiger partial charge is 0.508 e. The summed E-state index contributed by atoms with van der Waals surface area (Å²) >= 11 is 0. The summed E-state index contributed by atoms with van der Waals surface area (Å²) in [6, 6.07) is 23.0. The molecule has 0 aliphatic carbocycles. The van der Waals surface area contributed by atoms with Crippen molar-refractivity contribution in [1.82, 2.24) is 5.32 Å². The van der Waals surface area contributed by atoms with Crippen molar-refractivity contribution >= 4 is 5.91 Å². The number of phenolic OH excluding ortho intramolecular Hbond substituents is 1.